The second-order valence-corrected chi connectivity index (χ2v) is 7.00. The minimum atomic E-state index is -0.182. The van der Waals surface area contributed by atoms with Crippen LogP contribution in [-0.4, -0.2) is 39.2 Å². The number of fused-ring (bicyclic) bond motifs is 1. The summed E-state index contributed by atoms with van der Waals surface area (Å²) in [5, 5.41) is 7.34. The summed E-state index contributed by atoms with van der Waals surface area (Å²) in [6.45, 7) is 3.41. The number of H-pyrrole nitrogens is 1. The Morgan fingerprint density at radius 3 is 3.04 bits per heavy atom. The SMILES string of the molecule is O=c1[nH]c2cnc(NC[C@@H]3CCNC3)nc2n1CCc1ccccc1Cl. The molecule has 1 fully saturated rings. The van der Waals surface area contributed by atoms with Gasteiger partial charge in [0.15, 0.2) is 5.65 Å². The molecule has 8 heteroatoms. The summed E-state index contributed by atoms with van der Waals surface area (Å²) in [4.78, 5) is 24.0. The average Bonchev–Trinajstić information content (AvgIpc) is 3.26. The van der Waals surface area contributed by atoms with Gasteiger partial charge in [-0.05, 0) is 43.5 Å². The molecule has 0 aliphatic carbocycles. The fourth-order valence-corrected chi connectivity index (χ4v) is 3.53. The summed E-state index contributed by atoms with van der Waals surface area (Å²) in [5.41, 5.74) is 2.08. The molecule has 1 aromatic carbocycles. The van der Waals surface area contributed by atoms with Crippen molar-refractivity contribution in [1.82, 2.24) is 24.8 Å². The Hall–Kier alpha value is -2.38. The van der Waals surface area contributed by atoms with Crippen LogP contribution in [0.4, 0.5) is 5.95 Å². The first-order valence-corrected chi connectivity index (χ1v) is 9.22. The van der Waals surface area contributed by atoms with E-state index in [1.807, 2.05) is 24.3 Å². The molecular weight excluding hydrogens is 352 g/mol. The van der Waals surface area contributed by atoms with Crippen molar-refractivity contribution in [2.75, 3.05) is 25.0 Å². The van der Waals surface area contributed by atoms with Crippen molar-refractivity contribution in [3.63, 3.8) is 0 Å². The standard InChI is InChI=1S/C18H21ClN6O/c19-14-4-2-1-3-13(14)6-8-25-16-15(23-18(25)26)11-22-17(24-16)21-10-12-5-7-20-9-12/h1-4,11-12,20H,5-10H2,(H,23,26)(H,21,22,24)/t12-/m1/s1. The number of aryl methyl sites for hydroxylation is 2. The molecule has 136 valence electrons. The lowest BCUT2D eigenvalue weighted by Crippen LogP contribution is -2.19. The highest BCUT2D eigenvalue weighted by Crippen LogP contribution is 2.17. The minimum Gasteiger partial charge on any atom is -0.354 e. The number of anilines is 1. The number of nitrogens with one attached hydrogen (secondary N) is 3. The van der Waals surface area contributed by atoms with Crippen LogP contribution < -0.4 is 16.3 Å². The largest absolute Gasteiger partial charge is 0.354 e. The van der Waals surface area contributed by atoms with E-state index in [9.17, 15) is 4.79 Å². The Bertz CT molecular complexity index is 960. The van der Waals surface area contributed by atoms with E-state index in [4.69, 9.17) is 11.6 Å². The maximum Gasteiger partial charge on any atom is 0.327 e. The first-order valence-electron chi connectivity index (χ1n) is 8.84. The zero-order valence-corrected chi connectivity index (χ0v) is 15.1. The third kappa shape index (κ3) is 3.59. The van der Waals surface area contributed by atoms with Gasteiger partial charge >= 0.3 is 5.69 Å². The molecule has 0 spiro atoms. The van der Waals surface area contributed by atoms with Gasteiger partial charge in [0.05, 0.1) is 6.20 Å². The van der Waals surface area contributed by atoms with Crippen LogP contribution in [0.15, 0.2) is 35.3 Å². The van der Waals surface area contributed by atoms with Crippen molar-refractivity contribution >= 4 is 28.7 Å². The molecule has 3 heterocycles. The van der Waals surface area contributed by atoms with Crippen LogP contribution in [0, 0.1) is 5.92 Å². The zero-order chi connectivity index (χ0) is 17.9. The van der Waals surface area contributed by atoms with Gasteiger partial charge in [-0.15, -0.1) is 0 Å². The highest BCUT2D eigenvalue weighted by Gasteiger charge is 2.15. The second-order valence-electron chi connectivity index (χ2n) is 6.59. The summed E-state index contributed by atoms with van der Waals surface area (Å²) < 4.78 is 1.64. The first-order chi connectivity index (χ1) is 12.7. The topological polar surface area (TPSA) is 87.6 Å². The third-order valence-corrected chi connectivity index (χ3v) is 5.15. The average molecular weight is 373 g/mol. The Kier molecular flexibility index (Phi) is 4.90. The summed E-state index contributed by atoms with van der Waals surface area (Å²) in [5.74, 6) is 1.14. The van der Waals surface area contributed by atoms with Crippen molar-refractivity contribution in [3.8, 4) is 0 Å². The lowest BCUT2D eigenvalue weighted by atomic mass is 10.1. The molecule has 1 saturated heterocycles. The molecule has 3 N–H and O–H groups in total. The van der Waals surface area contributed by atoms with Crippen LogP contribution in [0.5, 0.6) is 0 Å². The molecule has 3 aromatic rings. The lowest BCUT2D eigenvalue weighted by Gasteiger charge is -2.10. The van der Waals surface area contributed by atoms with Crippen LogP contribution in [0.2, 0.25) is 5.02 Å². The molecule has 0 radical (unpaired) electrons. The van der Waals surface area contributed by atoms with E-state index in [1.165, 1.54) is 0 Å². The number of hydrogen-bond donors (Lipinski definition) is 3. The van der Waals surface area contributed by atoms with Crippen LogP contribution in [-0.2, 0) is 13.0 Å². The molecule has 0 saturated carbocycles. The lowest BCUT2D eigenvalue weighted by molar-refractivity contribution is 0.612. The first kappa shape index (κ1) is 17.1. The summed E-state index contributed by atoms with van der Waals surface area (Å²) in [7, 11) is 0. The van der Waals surface area contributed by atoms with Crippen molar-refractivity contribution in [1.29, 1.82) is 0 Å². The molecule has 2 aromatic heterocycles. The summed E-state index contributed by atoms with van der Waals surface area (Å²) in [6.07, 6.45) is 3.47. The number of benzene rings is 1. The van der Waals surface area contributed by atoms with Crippen molar-refractivity contribution in [2.45, 2.75) is 19.4 Å². The number of aromatic amines is 1. The molecule has 4 rings (SSSR count). The molecule has 0 amide bonds. The Labute approximate surface area is 155 Å². The fraction of sp³-hybridized carbons (Fsp3) is 0.389. The zero-order valence-electron chi connectivity index (χ0n) is 14.3. The van der Waals surface area contributed by atoms with Crippen molar-refractivity contribution < 1.29 is 0 Å². The second kappa shape index (κ2) is 7.47. The number of rotatable bonds is 6. The highest BCUT2D eigenvalue weighted by atomic mass is 35.5. The number of hydrogen-bond acceptors (Lipinski definition) is 5. The molecule has 1 aliphatic rings. The molecule has 1 aliphatic heterocycles. The van der Waals surface area contributed by atoms with E-state index in [-0.39, 0.29) is 5.69 Å². The molecule has 7 nitrogen and oxygen atoms in total. The van der Waals surface area contributed by atoms with Gasteiger partial charge in [-0.1, -0.05) is 29.8 Å². The van der Waals surface area contributed by atoms with Gasteiger partial charge in [-0.25, -0.2) is 9.78 Å². The molecule has 26 heavy (non-hydrogen) atoms. The Morgan fingerprint density at radius 2 is 2.23 bits per heavy atom. The Balaban J connectivity index is 1.53. The number of aromatic nitrogens is 4. The van der Waals surface area contributed by atoms with E-state index in [0.29, 0.717) is 41.0 Å². The van der Waals surface area contributed by atoms with Gasteiger partial charge < -0.3 is 15.6 Å². The van der Waals surface area contributed by atoms with E-state index in [2.05, 4.69) is 25.6 Å². The van der Waals surface area contributed by atoms with Gasteiger partial charge in [0.2, 0.25) is 5.95 Å². The van der Waals surface area contributed by atoms with Gasteiger partial charge in [0, 0.05) is 18.1 Å². The summed E-state index contributed by atoms with van der Waals surface area (Å²) in [6, 6.07) is 7.67. The third-order valence-electron chi connectivity index (χ3n) is 4.78. The maximum absolute atomic E-state index is 12.3. The highest BCUT2D eigenvalue weighted by molar-refractivity contribution is 6.31. The normalized spacial score (nSPS) is 17.0. The van der Waals surface area contributed by atoms with Crippen molar-refractivity contribution in [3.05, 3.63) is 51.5 Å². The van der Waals surface area contributed by atoms with Crippen LogP contribution in [0.3, 0.4) is 0 Å². The van der Waals surface area contributed by atoms with Crippen LogP contribution in [0.1, 0.15) is 12.0 Å². The molecule has 1 atom stereocenters. The molecular formula is C18H21ClN6O. The van der Waals surface area contributed by atoms with Gasteiger partial charge in [0.25, 0.3) is 0 Å². The van der Waals surface area contributed by atoms with Gasteiger partial charge in [-0.3, -0.25) is 4.57 Å². The minimum absolute atomic E-state index is 0.182. The quantitative estimate of drug-likeness (QED) is 0.616. The van der Waals surface area contributed by atoms with E-state index in [0.717, 1.165) is 31.6 Å². The van der Waals surface area contributed by atoms with E-state index >= 15 is 0 Å². The number of nitrogens with zero attached hydrogens (tertiary/aromatic N) is 3. The molecule has 0 bridgehead atoms. The van der Waals surface area contributed by atoms with Gasteiger partial charge in [0.1, 0.15) is 5.52 Å². The smallest absolute Gasteiger partial charge is 0.327 e. The Morgan fingerprint density at radius 1 is 1.35 bits per heavy atom. The molecule has 0 unspecified atom stereocenters. The van der Waals surface area contributed by atoms with Crippen LogP contribution in [0.25, 0.3) is 11.2 Å². The number of imidazole rings is 1. The fourth-order valence-electron chi connectivity index (χ4n) is 3.30. The van der Waals surface area contributed by atoms with E-state index < -0.39 is 0 Å². The van der Waals surface area contributed by atoms with Crippen molar-refractivity contribution in [2.24, 2.45) is 5.92 Å². The summed E-state index contributed by atoms with van der Waals surface area (Å²) >= 11 is 6.22. The maximum atomic E-state index is 12.3. The van der Waals surface area contributed by atoms with Gasteiger partial charge in [-0.2, -0.15) is 4.98 Å². The van der Waals surface area contributed by atoms with Crippen LogP contribution >= 0.6 is 11.6 Å². The van der Waals surface area contributed by atoms with E-state index in [1.54, 1.807) is 10.8 Å². The predicted octanol–water partition coefficient (Wildman–Crippen LogP) is 2.04. The predicted molar refractivity (Wildman–Crippen MR) is 103 cm³/mol. The monoisotopic (exact) mass is 372 g/mol. The number of halogens is 1.